The van der Waals surface area contributed by atoms with Crippen LogP contribution in [0.15, 0.2) is 22.6 Å². The molecule has 0 aliphatic carbocycles. The fourth-order valence-corrected chi connectivity index (χ4v) is 2.34. The number of nitrogens with zero attached hydrogens (tertiary/aromatic N) is 6. The first kappa shape index (κ1) is 10.2. The lowest BCUT2D eigenvalue weighted by Gasteiger charge is -2.01. The van der Waals surface area contributed by atoms with Gasteiger partial charge in [-0.05, 0) is 31.7 Å². The summed E-state index contributed by atoms with van der Waals surface area (Å²) in [6.45, 7) is 3.78. The molecule has 0 bridgehead atoms. The lowest BCUT2D eigenvalue weighted by atomic mass is 10.5. The van der Waals surface area contributed by atoms with Crippen molar-refractivity contribution in [3.8, 4) is 0 Å². The smallest absolute Gasteiger partial charge is 0.253 e. The maximum atomic E-state index is 4.27. The van der Waals surface area contributed by atoms with Crippen molar-refractivity contribution < 1.29 is 0 Å². The molecule has 0 fully saturated rings. The normalized spacial score (nSPS) is 11.2. The Hall–Kier alpha value is -1.96. The SMILES string of the molecule is Cc1cc(Sc2n[nH]c(C)n2)n2ncnc2n1. The van der Waals surface area contributed by atoms with Crippen LogP contribution in [0.4, 0.5) is 0 Å². The van der Waals surface area contributed by atoms with Crippen LogP contribution in [0.1, 0.15) is 11.5 Å². The van der Waals surface area contributed by atoms with Crippen LogP contribution in [0.3, 0.4) is 0 Å². The summed E-state index contributed by atoms with van der Waals surface area (Å²) in [4.78, 5) is 12.6. The Morgan fingerprint density at radius 1 is 1.29 bits per heavy atom. The van der Waals surface area contributed by atoms with E-state index in [4.69, 9.17) is 0 Å². The first-order chi connectivity index (χ1) is 8.22. The molecule has 0 aromatic carbocycles. The fraction of sp³-hybridized carbons (Fsp3) is 0.222. The van der Waals surface area contributed by atoms with Gasteiger partial charge in [-0.1, -0.05) is 0 Å². The summed E-state index contributed by atoms with van der Waals surface area (Å²) < 4.78 is 1.67. The minimum atomic E-state index is 0.583. The van der Waals surface area contributed by atoms with E-state index in [-0.39, 0.29) is 0 Å². The average Bonchev–Trinajstić information content (AvgIpc) is 2.87. The highest BCUT2D eigenvalue weighted by atomic mass is 32.2. The van der Waals surface area contributed by atoms with Crippen LogP contribution in [-0.2, 0) is 0 Å². The number of aryl methyl sites for hydroxylation is 2. The van der Waals surface area contributed by atoms with Crippen molar-refractivity contribution in [2.75, 3.05) is 0 Å². The lowest BCUT2D eigenvalue weighted by Crippen LogP contribution is -1.97. The zero-order valence-corrected chi connectivity index (χ0v) is 10.1. The second-order valence-corrected chi connectivity index (χ2v) is 4.50. The molecule has 17 heavy (non-hydrogen) atoms. The molecule has 0 saturated carbocycles. The highest BCUT2D eigenvalue weighted by Gasteiger charge is 2.09. The van der Waals surface area contributed by atoms with Crippen LogP contribution in [0.25, 0.3) is 5.78 Å². The van der Waals surface area contributed by atoms with Crippen LogP contribution >= 0.6 is 11.8 Å². The fourth-order valence-electron chi connectivity index (χ4n) is 1.43. The third kappa shape index (κ3) is 1.86. The number of hydrogen-bond acceptors (Lipinski definition) is 6. The molecule has 8 heteroatoms. The minimum Gasteiger partial charge on any atom is -0.262 e. The molecule has 86 valence electrons. The van der Waals surface area contributed by atoms with Gasteiger partial charge in [-0.25, -0.2) is 9.97 Å². The van der Waals surface area contributed by atoms with Gasteiger partial charge in [0.1, 0.15) is 17.2 Å². The Bertz CT molecular complexity index is 671. The van der Waals surface area contributed by atoms with Gasteiger partial charge in [0.2, 0.25) is 5.16 Å². The van der Waals surface area contributed by atoms with Gasteiger partial charge in [0.15, 0.2) is 0 Å². The molecule has 3 aromatic heterocycles. The average molecular weight is 247 g/mol. The Labute approximate surface area is 101 Å². The minimum absolute atomic E-state index is 0.583. The highest BCUT2D eigenvalue weighted by molar-refractivity contribution is 7.99. The highest BCUT2D eigenvalue weighted by Crippen LogP contribution is 2.24. The molecule has 0 aliphatic heterocycles. The topological polar surface area (TPSA) is 84.7 Å². The van der Waals surface area contributed by atoms with Gasteiger partial charge in [0.25, 0.3) is 5.78 Å². The number of nitrogens with one attached hydrogen (secondary N) is 1. The number of aromatic amines is 1. The summed E-state index contributed by atoms with van der Waals surface area (Å²) in [5.74, 6) is 1.37. The first-order valence-corrected chi connectivity index (χ1v) is 5.78. The molecular weight excluding hydrogens is 238 g/mol. The van der Waals surface area contributed by atoms with Gasteiger partial charge < -0.3 is 0 Å². The van der Waals surface area contributed by atoms with Gasteiger partial charge >= 0.3 is 0 Å². The Balaban J connectivity index is 2.07. The Morgan fingerprint density at radius 3 is 2.94 bits per heavy atom. The maximum absolute atomic E-state index is 4.27. The summed E-state index contributed by atoms with van der Waals surface area (Å²) in [6, 6.07) is 1.93. The second-order valence-electron chi connectivity index (χ2n) is 3.51. The van der Waals surface area contributed by atoms with Crippen molar-refractivity contribution in [2.24, 2.45) is 0 Å². The van der Waals surface area contributed by atoms with Crippen molar-refractivity contribution in [2.45, 2.75) is 24.0 Å². The predicted molar refractivity (Wildman–Crippen MR) is 60.8 cm³/mol. The van der Waals surface area contributed by atoms with E-state index in [2.05, 4.69) is 30.2 Å². The molecule has 0 atom stereocenters. The molecule has 3 rings (SSSR count). The Kier molecular flexibility index (Phi) is 2.29. The monoisotopic (exact) mass is 247 g/mol. The molecule has 7 nitrogen and oxygen atoms in total. The molecule has 0 amide bonds. The quantitative estimate of drug-likeness (QED) is 0.680. The molecule has 3 aromatic rings. The van der Waals surface area contributed by atoms with Gasteiger partial charge in [-0.2, -0.15) is 14.6 Å². The molecule has 0 spiro atoms. The van der Waals surface area contributed by atoms with Crippen molar-refractivity contribution in [3.63, 3.8) is 0 Å². The first-order valence-electron chi connectivity index (χ1n) is 4.96. The molecule has 0 unspecified atom stereocenters. The summed E-state index contributed by atoms with van der Waals surface area (Å²) in [5, 5.41) is 12.5. The number of fused-ring (bicyclic) bond motifs is 1. The van der Waals surface area contributed by atoms with Gasteiger partial charge in [-0.3, -0.25) is 5.10 Å². The number of aromatic nitrogens is 7. The van der Waals surface area contributed by atoms with E-state index in [0.29, 0.717) is 10.9 Å². The predicted octanol–water partition coefficient (Wildman–Crippen LogP) is 1.01. The van der Waals surface area contributed by atoms with Gasteiger partial charge in [-0.15, -0.1) is 5.10 Å². The van der Waals surface area contributed by atoms with E-state index in [1.165, 1.54) is 18.1 Å². The zero-order chi connectivity index (χ0) is 11.8. The van der Waals surface area contributed by atoms with Crippen LogP contribution in [0.2, 0.25) is 0 Å². The third-order valence-electron chi connectivity index (χ3n) is 2.12. The van der Waals surface area contributed by atoms with Crippen LogP contribution in [0.5, 0.6) is 0 Å². The lowest BCUT2D eigenvalue weighted by molar-refractivity contribution is 0.829. The molecule has 1 N–H and O–H groups in total. The van der Waals surface area contributed by atoms with Crippen LogP contribution in [-0.4, -0.2) is 34.8 Å². The van der Waals surface area contributed by atoms with Crippen molar-refractivity contribution in [3.05, 3.63) is 23.9 Å². The van der Waals surface area contributed by atoms with E-state index >= 15 is 0 Å². The van der Waals surface area contributed by atoms with E-state index in [0.717, 1.165) is 16.5 Å². The summed E-state index contributed by atoms with van der Waals surface area (Å²) in [7, 11) is 0. The van der Waals surface area contributed by atoms with Crippen molar-refractivity contribution >= 4 is 17.5 Å². The standard InChI is InChI=1S/C9H9N7S/c1-5-3-7(16-8(12-5)10-4-11-16)17-9-13-6(2)14-15-9/h3-4H,1-2H3,(H,13,14,15). The summed E-state index contributed by atoms with van der Waals surface area (Å²) in [5.41, 5.74) is 0.889. The Morgan fingerprint density at radius 2 is 2.18 bits per heavy atom. The molecule has 0 saturated heterocycles. The van der Waals surface area contributed by atoms with Crippen molar-refractivity contribution in [1.29, 1.82) is 0 Å². The van der Waals surface area contributed by atoms with Crippen LogP contribution < -0.4 is 0 Å². The molecule has 0 aliphatic rings. The van der Waals surface area contributed by atoms with Crippen molar-refractivity contribution in [1.82, 2.24) is 34.8 Å². The van der Waals surface area contributed by atoms with Gasteiger partial charge in [0, 0.05) is 5.69 Å². The number of rotatable bonds is 2. The summed E-state index contributed by atoms with van der Waals surface area (Å²) in [6.07, 6.45) is 1.48. The molecule has 3 heterocycles. The molecule has 0 radical (unpaired) electrons. The van der Waals surface area contributed by atoms with E-state index in [9.17, 15) is 0 Å². The van der Waals surface area contributed by atoms with E-state index < -0.39 is 0 Å². The summed E-state index contributed by atoms with van der Waals surface area (Å²) >= 11 is 1.42. The maximum Gasteiger partial charge on any atom is 0.253 e. The second kappa shape index (κ2) is 3.81. The van der Waals surface area contributed by atoms with E-state index in [1.54, 1.807) is 4.52 Å². The zero-order valence-electron chi connectivity index (χ0n) is 9.25. The van der Waals surface area contributed by atoms with Crippen LogP contribution in [0, 0.1) is 13.8 Å². The number of hydrogen-bond donors (Lipinski definition) is 1. The largest absolute Gasteiger partial charge is 0.262 e. The molecular formula is C9H9N7S. The van der Waals surface area contributed by atoms with E-state index in [1.807, 2.05) is 19.9 Å². The van der Waals surface area contributed by atoms with Gasteiger partial charge in [0.05, 0.1) is 0 Å². The third-order valence-corrected chi connectivity index (χ3v) is 2.98. The number of H-pyrrole nitrogens is 1.